The summed E-state index contributed by atoms with van der Waals surface area (Å²) in [7, 11) is 0. The molecule has 0 atom stereocenters. The zero-order valence-corrected chi connectivity index (χ0v) is 28.2. The fourth-order valence-electron chi connectivity index (χ4n) is 8.22. The highest BCUT2D eigenvalue weighted by Crippen LogP contribution is 2.42. The molecular formula is C48H30BNO2. The summed E-state index contributed by atoms with van der Waals surface area (Å²) < 4.78 is 16.0. The summed E-state index contributed by atoms with van der Waals surface area (Å²) in [6, 6.07) is 64.8. The maximum atomic E-state index is 6.86. The first kappa shape index (κ1) is 29.0. The van der Waals surface area contributed by atoms with E-state index in [1.807, 2.05) is 6.07 Å². The van der Waals surface area contributed by atoms with Gasteiger partial charge in [-0.2, -0.15) is 0 Å². The molecule has 2 aliphatic heterocycles. The smallest absolute Gasteiger partial charge is 0.434 e. The van der Waals surface area contributed by atoms with Crippen LogP contribution < -0.4 is 20.3 Å². The van der Waals surface area contributed by atoms with Crippen LogP contribution in [0, 0.1) is 0 Å². The average Bonchev–Trinajstić information content (AvgIpc) is 3.55. The Morgan fingerprint density at radius 2 is 1.00 bits per heavy atom. The van der Waals surface area contributed by atoms with Crippen LogP contribution in [0.3, 0.4) is 0 Å². The zero-order valence-electron chi connectivity index (χ0n) is 28.2. The molecule has 9 aromatic rings. The number of rotatable bonds is 4. The molecule has 0 bridgehead atoms. The van der Waals surface area contributed by atoms with Crippen LogP contribution in [0.1, 0.15) is 0 Å². The van der Waals surface area contributed by atoms with Crippen molar-refractivity contribution in [2.24, 2.45) is 0 Å². The highest BCUT2D eigenvalue weighted by molar-refractivity contribution is 6.84. The van der Waals surface area contributed by atoms with E-state index < -0.39 is 0 Å². The summed E-state index contributed by atoms with van der Waals surface area (Å²) in [6.45, 7) is -0.293. The van der Waals surface area contributed by atoms with E-state index in [4.69, 9.17) is 9.39 Å². The van der Waals surface area contributed by atoms with Gasteiger partial charge in [0.25, 0.3) is 0 Å². The second-order valence-corrected chi connectivity index (χ2v) is 13.6. The van der Waals surface area contributed by atoms with Crippen LogP contribution in [0.2, 0.25) is 0 Å². The van der Waals surface area contributed by atoms with E-state index in [-0.39, 0.29) is 6.92 Å². The molecular weight excluding hydrogens is 633 g/mol. The van der Waals surface area contributed by atoms with Crippen molar-refractivity contribution in [3.63, 3.8) is 0 Å². The summed E-state index contributed by atoms with van der Waals surface area (Å²) in [4.78, 5) is 0. The largest absolute Gasteiger partial charge is 0.551 e. The number of ether oxygens (including phenoxy) is 1. The van der Waals surface area contributed by atoms with Crippen molar-refractivity contribution in [2.45, 2.75) is 0 Å². The Morgan fingerprint density at radius 1 is 0.385 bits per heavy atom. The van der Waals surface area contributed by atoms with Crippen molar-refractivity contribution in [3.05, 3.63) is 182 Å². The van der Waals surface area contributed by atoms with Gasteiger partial charge in [-0.25, -0.2) is 0 Å². The molecule has 2 aliphatic rings. The van der Waals surface area contributed by atoms with Gasteiger partial charge in [-0.1, -0.05) is 133 Å². The lowest BCUT2D eigenvalue weighted by molar-refractivity contribution is 0.479. The Kier molecular flexibility index (Phi) is 6.35. The van der Waals surface area contributed by atoms with Crippen LogP contribution in [-0.2, 0) is 0 Å². The molecule has 242 valence electrons. The number of para-hydroxylation sites is 3. The summed E-state index contributed by atoms with van der Waals surface area (Å²) in [5.41, 5.74) is 14.8. The van der Waals surface area contributed by atoms with Crippen molar-refractivity contribution in [1.82, 2.24) is 4.57 Å². The highest BCUT2D eigenvalue weighted by Gasteiger charge is 2.41. The second kappa shape index (κ2) is 11.4. The van der Waals surface area contributed by atoms with Crippen LogP contribution >= 0.6 is 0 Å². The Morgan fingerprint density at radius 3 is 1.79 bits per heavy atom. The summed E-state index contributed by atoms with van der Waals surface area (Å²) in [5.74, 6) is 2.54. The maximum absolute atomic E-state index is 6.86. The molecule has 0 aliphatic carbocycles. The molecule has 4 heteroatoms. The van der Waals surface area contributed by atoms with Crippen LogP contribution in [0.4, 0.5) is 0 Å². The number of fused-ring (bicyclic) bond motifs is 7. The van der Waals surface area contributed by atoms with E-state index in [0.717, 1.165) is 67.2 Å². The van der Waals surface area contributed by atoms with Gasteiger partial charge < -0.3 is 14.0 Å². The molecule has 52 heavy (non-hydrogen) atoms. The van der Waals surface area contributed by atoms with Gasteiger partial charge in [-0.3, -0.25) is 0 Å². The number of benzene rings is 8. The van der Waals surface area contributed by atoms with Crippen molar-refractivity contribution < 1.29 is 9.39 Å². The molecule has 0 saturated heterocycles. The molecule has 0 unspecified atom stereocenters. The molecule has 1 aromatic heterocycles. The highest BCUT2D eigenvalue weighted by atomic mass is 16.5. The van der Waals surface area contributed by atoms with Crippen molar-refractivity contribution >= 4 is 39.6 Å². The van der Waals surface area contributed by atoms with Crippen LogP contribution in [-0.4, -0.2) is 11.5 Å². The Hall–Kier alpha value is -6.78. The minimum Gasteiger partial charge on any atom is -0.551 e. The lowest BCUT2D eigenvalue weighted by Gasteiger charge is -2.33. The molecule has 0 radical (unpaired) electrons. The fourth-order valence-corrected chi connectivity index (χ4v) is 8.22. The van der Waals surface area contributed by atoms with Gasteiger partial charge in [0.15, 0.2) is 0 Å². The molecule has 0 saturated carbocycles. The number of hydrogen-bond acceptors (Lipinski definition) is 2. The van der Waals surface area contributed by atoms with Crippen LogP contribution in [0.25, 0.3) is 72.0 Å². The lowest BCUT2D eigenvalue weighted by Crippen LogP contribution is -2.53. The molecule has 8 aromatic carbocycles. The van der Waals surface area contributed by atoms with Gasteiger partial charge in [0.1, 0.15) is 17.2 Å². The van der Waals surface area contributed by atoms with Gasteiger partial charge in [0.05, 0.1) is 11.0 Å². The normalized spacial score (nSPS) is 12.5. The molecule has 11 rings (SSSR count). The predicted octanol–water partition coefficient (Wildman–Crippen LogP) is 11.1. The van der Waals surface area contributed by atoms with Crippen molar-refractivity contribution in [2.75, 3.05) is 0 Å². The Balaban J connectivity index is 1.01. The van der Waals surface area contributed by atoms with Gasteiger partial charge in [0, 0.05) is 32.9 Å². The monoisotopic (exact) mass is 663 g/mol. The van der Waals surface area contributed by atoms with Crippen LogP contribution in [0.5, 0.6) is 17.2 Å². The summed E-state index contributed by atoms with van der Waals surface area (Å²) >= 11 is 0. The van der Waals surface area contributed by atoms with Gasteiger partial charge in [-0.05, 0) is 87.5 Å². The Bertz CT molecular complexity index is 2800. The first-order chi connectivity index (χ1) is 25.8. The van der Waals surface area contributed by atoms with E-state index in [9.17, 15) is 0 Å². The van der Waals surface area contributed by atoms with Crippen molar-refractivity contribution in [1.29, 1.82) is 0 Å². The minimum atomic E-state index is -0.293. The zero-order chi connectivity index (χ0) is 34.2. The molecule has 0 spiro atoms. The van der Waals surface area contributed by atoms with Gasteiger partial charge in [-0.15, -0.1) is 0 Å². The Labute approximate surface area is 302 Å². The number of nitrogens with zero attached hydrogens (tertiary/aromatic N) is 1. The average molecular weight is 664 g/mol. The first-order valence-electron chi connectivity index (χ1n) is 17.8. The number of hydrogen-bond donors (Lipinski definition) is 0. The second-order valence-electron chi connectivity index (χ2n) is 13.6. The summed E-state index contributed by atoms with van der Waals surface area (Å²) in [5, 5.41) is 2.51. The summed E-state index contributed by atoms with van der Waals surface area (Å²) in [6.07, 6.45) is 0. The molecule has 3 nitrogen and oxygen atoms in total. The minimum absolute atomic E-state index is 0.293. The predicted molar refractivity (Wildman–Crippen MR) is 215 cm³/mol. The lowest BCUT2D eigenvalue weighted by atomic mass is 9.50. The van der Waals surface area contributed by atoms with Crippen LogP contribution in [0.15, 0.2) is 182 Å². The van der Waals surface area contributed by atoms with E-state index >= 15 is 0 Å². The maximum Gasteiger partial charge on any atom is 0.434 e. The third kappa shape index (κ3) is 4.48. The van der Waals surface area contributed by atoms with Gasteiger partial charge in [0.2, 0.25) is 0 Å². The van der Waals surface area contributed by atoms with Gasteiger partial charge >= 0.3 is 6.92 Å². The van der Waals surface area contributed by atoms with E-state index in [1.54, 1.807) is 0 Å². The topological polar surface area (TPSA) is 23.4 Å². The molecule has 0 fully saturated rings. The molecule has 0 N–H and O–H groups in total. The van der Waals surface area contributed by atoms with E-state index in [2.05, 4.69) is 180 Å². The first-order valence-corrected chi connectivity index (χ1v) is 17.8. The molecule has 3 heterocycles. The number of aromatic nitrogens is 1. The van der Waals surface area contributed by atoms with Crippen molar-refractivity contribution in [3.8, 4) is 67.4 Å². The quantitative estimate of drug-likeness (QED) is 0.175. The van der Waals surface area contributed by atoms with E-state index in [1.165, 1.54) is 32.9 Å². The molecule has 0 amide bonds. The third-order valence-electron chi connectivity index (χ3n) is 10.7. The third-order valence-corrected chi connectivity index (χ3v) is 10.7. The van der Waals surface area contributed by atoms with E-state index in [0.29, 0.717) is 0 Å². The standard InChI is InChI=1S/C48H30BNO2/c1-2-11-31(12-3-1)32-21-23-33(24-22-32)36-28-41-40-17-6-9-20-45(40)52-49-42-29-35(25-26-46(42)51-47(30-36)48(41)49)34-13-10-14-37(27-34)50-43-18-7-4-15-38(43)39-16-5-8-19-44(39)50/h1-30H. The fraction of sp³-hybridized carbons (Fsp3) is 0. The SMILES string of the molecule is c1ccc(-c2ccc(-c3cc4c5c(c3)-c3ccccc3OB5c3cc(-c5cccc(-n6c7ccccc7c7ccccc76)c5)ccc3O4)cc2)cc1.